The molecule has 1 amide bonds. The quantitative estimate of drug-likeness (QED) is 0.723. The molecule has 17 heavy (non-hydrogen) atoms. The fourth-order valence-corrected chi connectivity index (χ4v) is 1.63. The van der Waals surface area contributed by atoms with Crippen molar-refractivity contribution in [3.63, 3.8) is 0 Å². The smallest absolute Gasteiger partial charge is 0.225 e. The maximum atomic E-state index is 11.5. The Morgan fingerprint density at radius 2 is 2.24 bits per heavy atom. The summed E-state index contributed by atoms with van der Waals surface area (Å²) in [5.41, 5.74) is -0.307. The standard InChI is InChI=1S/C13H25NO3/c1-13(2,3)12(15)14-7-5-8-16-10-11-6-4-9-17-11/h11H,4-10H2,1-3H3,(H,14,15). The van der Waals surface area contributed by atoms with Gasteiger partial charge in [0.15, 0.2) is 0 Å². The summed E-state index contributed by atoms with van der Waals surface area (Å²) >= 11 is 0. The first-order valence-corrected chi connectivity index (χ1v) is 6.48. The molecule has 0 aliphatic carbocycles. The molecule has 0 saturated carbocycles. The molecule has 0 bridgehead atoms. The molecule has 1 aliphatic rings. The molecule has 100 valence electrons. The molecule has 1 heterocycles. The van der Waals surface area contributed by atoms with Crippen LogP contribution in [-0.4, -0.2) is 38.4 Å². The molecule has 1 rings (SSSR count). The summed E-state index contributed by atoms with van der Waals surface area (Å²) in [4.78, 5) is 11.5. The largest absolute Gasteiger partial charge is 0.379 e. The van der Waals surface area contributed by atoms with Crippen molar-refractivity contribution >= 4 is 5.91 Å². The van der Waals surface area contributed by atoms with Gasteiger partial charge in [-0.15, -0.1) is 0 Å². The molecule has 0 spiro atoms. The highest BCUT2D eigenvalue weighted by Gasteiger charge is 2.20. The molecule has 0 aromatic rings. The fraction of sp³-hybridized carbons (Fsp3) is 0.923. The van der Waals surface area contributed by atoms with Gasteiger partial charge in [-0.1, -0.05) is 20.8 Å². The van der Waals surface area contributed by atoms with Crippen LogP contribution in [0.15, 0.2) is 0 Å². The Labute approximate surface area is 104 Å². The van der Waals surface area contributed by atoms with E-state index in [-0.39, 0.29) is 11.3 Å². The number of rotatable bonds is 6. The average molecular weight is 243 g/mol. The molecule has 4 heteroatoms. The second kappa shape index (κ2) is 6.97. The summed E-state index contributed by atoms with van der Waals surface area (Å²) in [6.07, 6.45) is 3.41. The Balaban J connectivity index is 1.92. The lowest BCUT2D eigenvalue weighted by Gasteiger charge is -2.17. The summed E-state index contributed by atoms with van der Waals surface area (Å²) in [6.45, 7) is 8.66. The van der Waals surface area contributed by atoms with E-state index < -0.39 is 0 Å². The van der Waals surface area contributed by atoms with Crippen molar-refractivity contribution in [1.82, 2.24) is 5.32 Å². The van der Waals surface area contributed by atoms with Gasteiger partial charge in [-0.05, 0) is 19.3 Å². The number of carbonyl (C=O) groups excluding carboxylic acids is 1. The van der Waals surface area contributed by atoms with Crippen LogP contribution in [-0.2, 0) is 14.3 Å². The lowest BCUT2D eigenvalue weighted by atomic mass is 9.96. The summed E-state index contributed by atoms with van der Waals surface area (Å²) in [5.74, 6) is 0.0941. The number of nitrogens with one attached hydrogen (secondary N) is 1. The number of carbonyl (C=O) groups is 1. The van der Waals surface area contributed by atoms with Crippen molar-refractivity contribution in [3.8, 4) is 0 Å². The maximum absolute atomic E-state index is 11.5. The average Bonchev–Trinajstić information content (AvgIpc) is 2.74. The van der Waals surface area contributed by atoms with Crippen LogP contribution in [0.5, 0.6) is 0 Å². The van der Waals surface area contributed by atoms with Crippen molar-refractivity contribution < 1.29 is 14.3 Å². The van der Waals surface area contributed by atoms with E-state index >= 15 is 0 Å². The third-order valence-corrected chi connectivity index (χ3v) is 2.76. The Kier molecular flexibility index (Phi) is 5.92. The number of hydrogen-bond acceptors (Lipinski definition) is 3. The molecule has 0 radical (unpaired) electrons. The van der Waals surface area contributed by atoms with Gasteiger partial charge in [0.1, 0.15) is 0 Å². The van der Waals surface area contributed by atoms with Gasteiger partial charge in [0.05, 0.1) is 12.7 Å². The van der Waals surface area contributed by atoms with Crippen molar-refractivity contribution in [2.45, 2.75) is 46.1 Å². The van der Waals surface area contributed by atoms with E-state index in [2.05, 4.69) is 5.32 Å². The van der Waals surface area contributed by atoms with E-state index in [1.165, 1.54) is 0 Å². The van der Waals surface area contributed by atoms with Crippen LogP contribution in [0.25, 0.3) is 0 Å². The van der Waals surface area contributed by atoms with Crippen LogP contribution in [0.2, 0.25) is 0 Å². The van der Waals surface area contributed by atoms with Gasteiger partial charge in [-0.2, -0.15) is 0 Å². The highest BCUT2D eigenvalue weighted by molar-refractivity contribution is 5.81. The van der Waals surface area contributed by atoms with Gasteiger partial charge in [0.2, 0.25) is 5.91 Å². The summed E-state index contributed by atoms with van der Waals surface area (Å²) in [7, 11) is 0. The molecule has 0 aromatic heterocycles. The van der Waals surface area contributed by atoms with Gasteiger partial charge in [-0.3, -0.25) is 4.79 Å². The van der Waals surface area contributed by atoms with Crippen LogP contribution in [0.1, 0.15) is 40.0 Å². The van der Waals surface area contributed by atoms with Crippen molar-refractivity contribution in [3.05, 3.63) is 0 Å². The minimum Gasteiger partial charge on any atom is -0.379 e. The molecular formula is C13H25NO3. The maximum Gasteiger partial charge on any atom is 0.225 e. The minimum absolute atomic E-state index is 0.0941. The number of amides is 1. The van der Waals surface area contributed by atoms with Gasteiger partial charge in [-0.25, -0.2) is 0 Å². The zero-order chi connectivity index (χ0) is 12.7. The van der Waals surface area contributed by atoms with Gasteiger partial charge < -0.3 is 14.8 Å². The van der Waals surface area contributed by atoms with E-state index in [0.717, 1.165) is 25.9 Å². The summed E-state index contributed by atoms with van der Waals surface area (Å²) in [5, 5.41) is 2.90. The lowest BCUT2D eigenvalue weighted by Crippen LogP contribution is -2.35. The summed E-state index contributed by atoms with van der Waals surface area (Å²) < 4.78 is 11.0. The van der Waals surface area contributed by atoms with Crippen LogP contribution < -0.4 is 5.32 Å². The topological polar surface area (TPSA) is 47.6 Å². The third-order valence-electron chi connectivity index (χ3n) is 2.76. The monoisotopic (exact) mass is 243 g/mol. The van der Waals surface area contributed by atoms with Crippen LogP contribution >= 0.6 is 0 Å². The molecule has 1 N–H and O–H groups in total. The summed E-state index contributed by atoms with van der Waals surface area (Å²) in [6, 6.07) is 0. The molecule has 1 unspecified atom stereocenters. The normalized spacial score (nSPS) is 20.5. The Bertz CT molecular complexity index is 229. The molecule has 4 nitrogen and oxygen atoms in total. The molecule has 1 saturated heterocycles. The molecule has 1 fully saturated rings. The minimum atomic E-state index is -0.307. The first kappa shape index (κ1) is 14.5. The van der Waals surface area contributed by atoms with E-state index in [1.54, 1.807) is 0 Å². The zero-order valence-electron chi connectivity index (χ0n) is 11.3. The molecule has 1 aliphatic heterocycles. The highest BCUT2D eigenvalue weighted by Crippen LogP contribution is 2.13. The SMILES string of the molecule is CC(C)(C)C(=O)NCCCOCC1CCCO1. The molecular weight excluding hydrogens is 218 g/mol. The Hall–Kier alpha value is -0.610. The second-order valence-electron chi connectivity index (χ2n) is 5.57. The van der Waals surface area contributed by atoms with Crippen LogP contribution in [0, 0.1) is 5.41 Å². The van der Waals surface area contributed by atoms with Gasteiger partial charge >= 0.3 is 0 Å². The highest BCUT2D eigenvalue weighted by atomic mass is 16.5. The van der Waals surface area contributed by atoms with E-state index in [0.29, 0.717) is 25.9 Å². The second-order valence-corrected chi connectivity index (χ2v) is 5.57. The van der Waals surface area contributed by atoms with Gasteiger partial charge in [0.25, 0.3) is 0 Å². The van der Waals surface area contributed by atoms with E-state index in [4.69, 9.17) is 9.47 Å². The first-order valence-electron chi connectivity index (χ1n) is 6.48. The van der Waals surface area contributed by atoms with E-state index in [1.807, 2.05) is 20.8 Å². The first-order chi connectivity index (χ1) is 8.00. The molecule has 0 aromatic carbocycles. The van der Waals surface area contributed by atoms with Crippen LogP contribution in [0.4, 0.5) is 0 Å². The zero-order valence-corrected chi connectivity index (χ0v) is 11.3. The third kappa shape index (κ3) is 6.03. The Morgan fingerprint density at radius 1 is 1.47 bits per heavy atom. The van der Waals surface area contributed by atoms with E-state index in [9.17, 15) is 4.79 Å². The van der Waals surface area contributed by atoms with Crippen molar-refractivity contribution in [1.29, 1.82) is 0 Å². The number of ether oxygens (including phenoxy) is 2. The fourth-order valence-electron chi connectivity index (χ4n) is 1.63. The molecule has 1 atom stereocenters. The number of hydrogen-bond donors (Lipinski definition) is 1. The lowest BCUT2D eigenvalue weighted by molar-refractivity contribution is -0.128. The van der Waals surface area contributed by atoms with Gasteiger partial charge in [0, 0.05) is 25.2 Å². The Morgan fingerprint density at radius 3 is 2.82 bits per heavy atom. The predicted octanol–water partition coefficient (Wildman–Crippen LogP) is 1.73. The van der Waals surface area contributed by atoms with Crippen molar-refractivity contribution in [2.75, 3.05) is 26.4 Å². The van der Waals surface area contributed by atoms with Crippen molar-refractivity contribution in [2.24, 2.45) is 5.41 Å². The van der Waals surface area contributed by atoms with Crippen LogP contribution in [0.3, 0.4) is 0 Å². The predicted molar refractivity (Wildman–Crippen MR) is 66.9 cm³/mol.